The predicted octanol–water partition coefficient (Wildman–Crippen LogP) is 2.48. The molecule has 0 atom stereocenters. The molecule has 18 heavy (non-hydrogen) atoms. The van der Waals surface area contributed by atoms with Gasteiger partial charge in [0.15, 0.2) is 0 Å². The summed E-state index contributed by atoms with van der Waals surface area (Å²) in [6.45, 7) is 2.15. The van der Waals surface area contributed by atoms with Crippen LogP contribution in [0.3, 0.4) is 0 Å². The topological polar surface area (TPSA) is 59.4 Å². The third-order valence-electron chi connectivity index (χ3n) is 2.37. The molecule has 0 amide bonds. The average molecular weight is 263 g/mol. The lowest BCUT2D eigenvalue weighted by Crippen LogP contribution is -2.01. The highest BCUT2D eigenvalue weighted by atomic mass is 32.1. The van der Waals surface area contributed by atoms with E-state index in [-0.39, 0.29) is 12.6 Å². The van der Waals surface area contributed by atoms with Crippen molar-refractivity contribution in [1.29, 1.82) is 0 Å². The maximum atomic E-state index is 11.5. The van der Waals surface area contributed by atoms with Gasteiger partial charge in [-0.2, -0.15) is 0 Å². The number of benzene rings is 1. The van der Waals surface area contributed by atoms with E-state index in [0.29, 0.717) is 11.5 Å². The Morgan fingerprint density at radius 1 is 1.39 bits per heavy atom. The zero-order valence-corrected chi connectivity index (χ0v) is 10.7. The highest BCUT2D eigenvalue weighted by molar-refractivity contribution is 7.16. The summed E-state index contributed by atoms with van der Waals surface area (Å²) in [5.41, 5.74) is 1.77. The molecule has 0 saturated heterocycles. The molecule has 0 unspecified atom stereocenters. The number of rotatable bonds is 4. The van der Waals surface area contributed by atoms with Gasteiger partial charge in [-0.3, -0.25) is 0 Å². The molecule has 0 radical (unpaired) electrons. The van der Waals surface area contributed by atoms with Crippen LogP contribution < -0.4 is 0 Å². The lowest BCUT2D eigenvalue weighted by molar-refractivity contribution is 0.0532. The highest BCUT2D eigenvalue weighted by Crippen LogP contribution is 2.25. The van der Waals surface area contributed by atoms with Crippen LogP contribution in [0, 0.1) is 0 Å². The van der Waals surface area contributed by atoms with Gasteiger partial charge in [0.1, 0.15) is 9.88 Å². The molecule has 0 bridgehead atoms. The van der Waals surface area contributed by atoms with Crippen molar-refractivity contribution < 1.29 is 14.6 Å². The van der Waals surface area contributed by atoms with Crippen molar-refractivity contribution >= 4 is 17.3 Å². The molecule has 0 saturated carbocycles. The van der Waals surface area contributed by atoms with Crippen molar-refractivity contribution in [2.45, 2.75) is 13.5 Å². The molecule has 2 aromatic rings. The Morgan fingerprint density at radius 2 is 2.11 bits per heavy atom. The molecule has 0 aliphatic rings. The highest BCUT2D eigenvalue weighted by Gasteiger charge is 2.12. The van der Waals surface area contributed by atoms with E-state index in [2.05, 4.69) is 4.98 Å². The standard InChI is InChI=1S/C13H13NO3S/c1-2-17-13(16)11-7-14-12(18-11)10-5-3-9(8-15)4-6-10/h3-7,15H,2,8H2,1H3. The maximum absolute atomic E-state index is 11.5. The molecular formula is C13H13NO3S. The van der Waals surface area contributed by atoms with E-state index in [1.54, 1.807) is 6.92 Å². The Bertz CT molecular complexity index is 533. The van der Waals surface area contributed by atoms with E-state index in [9.17, 15) is 4.79 Å². The second-order valence-electron chi connectivity index (χ2n) is 3.61. The normalized spacial score (nSPS) is 10.3. The van der Waals surface area contributed by atoms with E-state index in [0.717, 1.165) is 16.1 Å². The number of hydrogen-bond acceptors (Lipinski definition) is 5. The van der Waals surface area contributed by atoms with Crippen molar-refractivity contribution in [2.24, 2.45) is 0 Å². The van der Waals surface area contributed by atoms with Gasteiger partial charge in [0, 0.05) is 5.56 Å². The summed E-state index contributed by atoms with van der Waals surface area (Å²) in [5, 5.41) is 9.73. The van der Waals surface area contributed by atoms with Crippen molar-refractivity contribution in [1.82, 2.24) is 4.98 Å². The smallest absolute Gasteiger partial charge is 0.349 e. The Kier molecular flexibility index (Phi) is 4.07. The molecule has 5 heteroatoms. The van der Waals surface area contributed by atoms with E-state index in [1.165, 1.54) is 17.5 Å². The fourth-order valence-electron chi connectivity index (χ4n) is 1.46. The van der Waals surface area contributed by atoms with Crippen molar-refractivity contribution in [3.05, 3.63) is 40.9 Å². The zero-order valence-electron chi connectivity index (χ0n) is 9.92. The van der Waals surface area contributed by atoms with Crippen LogP contribution in [-0.2, 0) is 11.3 Å². The maximum Gasteiger partial charge on any atom is 0.349 e. The van der Waals surface area contributed by atoms with Crippen LogP contribution in [0.15, 0.2) is 30.5 Å². The summed E-state index contributed by atoms with van der Waals surface area (Å²) in [6.07, 6.45) is 1.53. The minimum absolute atomic E-state index is 0.0201. The molecular weight excluding hydrogens is 250 g/mol. The summed E-state index contributed by atoms with van der Waals surface area (Å²) in [4.78, 5) is 16.2. The van der Waals surface area contributed by atoms with E-state index in [1.807, 2.05) is 24.3 Å². The lowest BCUT2D eigenvalue weighted by Gasteiger charge is -1.98. The minimum Gasteiger partial charge on any atom is -0.462 e. The van der Waals surface area contributed by atoms with E-state index < -0.39 is 0 Å². The van der Waals surface area contributed by atoms with E-state index in [4.69, 9.17) is 9.84 Å². The van der Waals surface area contributed by atoms with Crippen molar-refractivity contribution in [3.8, 4) is 10.6 Å². The molecule has 1 aromatic carbocycles. The van der Waals surface area contributed by atoms with Crippen LogP contribution >= 0.6 is 11.3 Å². The molecule has 0 spiro atoms. The Hall–Kier alpha value is -1.72. The summed E-state index contributed by atoms with van der Waals surface area (Å²) in [5.74, 6) is -0.340. The number of nitrogens with zero attached hydrogens (tertiary/aromatic N) is 1. The number of ether oxygens (including phenoxy) is 1. The van der Waals surface area contributed by atoms with E-state index >= 15 is 0 Å². The van der Waals surface area contributed by atoms with Gasteiger partial charge in [-0.25, -0.2) is 9.78 Å². The molecule has 1 aromatic heterocycles. The van der Waals surface area contributed by atoms with Gasteiger partial charge in [-0.05, 0) is 12.5 Å². The van der Waals surface area contributed by atoms with Crippen LogP contribution in [0.2, 0.25) is 0 Å². The SMILES string of the molecule is CCOC(=O)c1cnc(-c2ccc(CO)cc2)s1. The summed E-state index contributed by atoms with van der Waals surface area (Å²) in [6, 6.07) is 7.42. The zero-order chi connectivity index (χ0) is 13.0. The molecule has 2 rings (SSSR count). The molecule has 0 aliphatic carbocycles. The molecule has 0 aliphatic heterocycles. The van der Waals surface area contributed by atoms with Gasteiger partial charge in [0.2, 0.25) is 0 Å². The van der Waals surface area contributed by atoms with Crippen LogP contribution in [0.1, 0.15) is 22.2 Å². The third-order valence-corrected chi connectivity index (χ3v) is 3.39. The first kappa shape index (κ1) is 12.7. The minimum atomic E-state index is -0.340. The number of carbonyl (C=O) groups is 1. The summed E-state index contributed by atoms with van der Waals surface area (Å²) >= 11 is 1.30. The van der Waals surface area contributed by atoms with Gasteiger partial charge in [0.05, 0.1) is 19.4 Å². The second kappa shape index (κ2) is 5.75. The second-order valence-corrected chi connectivity index (χ2v) is 4.64. The van der Waals surface area contributed by atoms with Crippen molar-refractivity contribution in [3.63, 3.8) is 0 Å². The number of esters is 1. The number of carbonyl (C=O) groups excluding carboxylic acids is 1. The van der Waals surface area contributed by atoms with Gasteiger partial charge in [0.25, 0.3) is 0 Å². The van der Waals surface area contributed by atoms with Crippen LogP contribution in [0.5, 0.6) is 0 Å². The lowest BCUT2D eigenvalue weighted by atomic mass is 10.1. The Morgan fingerprint density at radius 3 is 2.72 bits per heavy atom. The summed E-state index contributed by atoms with van der Waals surface area (Å²) < 4.78 is 4.91. The van der Waals surface area contributed by atoms with Crippen molar-refractivity contribution in [2.75, 3.05) is 6.61 Å². The Balaban J connectivity index is 2.20. The molecule has 94 valence electrons. The van der Waals surface area contributed by atoms with Gasteiger partial charge in [-0.15, -0.1) is 11.3 Å². The number of hydrogen-bond donors (Lipinski definition) is 1. The Labute approximate surface area is 109 Å². The fraction of sp³-hybridized carbons (Fsp3) is 0.231. The van der Waals surface area contributed by atoms with Crippen LogP contribution in [0.25, 0.3) is 10.6 Å². The quantitative estimate of drug-likeness (QED) is 0.861. The molecule has 1 N–H and O–H groups in total. The third kappa shape index (κ3) is 2.75. The number of aliphatic hydroxyl groups is 1. The largest absolute Gasteiger partial charge is 0.462 e. The monoisotopic (exact) mass is 263 g/mol. The predicted molar refractivity (Wildman–Crippen MR) is 69.4 cm³/mol. The molecule has 0 fully saturated rings. The van der Waals surface area contributed by atoms with Crippen LogP contribution in [0.4, 0.5) is 0 Å². The van der Waals surface area contributed by atoms with Crippen LogP contribution in [-0.4, -0.2) is 22.7 Å². The first-order valence-electron chi connectivity index (χ1n) is 5.57. The first-order chi connectivity index (χ1) is 8.74. The van der Waals surface area contributed by atoms with Gasteiger partial charge < -0.3 is 9.84 Å². The average Bonchev–Trinajstić information content (AvgIpc) is 2.89. The van der Waals surface area contributed by atoms with Gasteiger partial charge >= 0.3 is 5.97 Å². The molecule has 1 heterocycles. The number of aliphatic hydroxyl groups excluding tert-OH is 1. The van der Waals surface area contributed by atoms with Gasteiger partial charge in [-0.1, -0.05) is 24.3 Å². The number of aromatic nitrogens is 1. The summed E-state index contributed by atoms with van der Waals surface area (Å²) in [7, 11) is 0. The first-order valence-corrected chi connectivity index (χ1v) is 6.39. The fourth-order valence-corrected chi connectivity index (χ4v) is 2.27. The molecule has 4 nitrogen and oxygen atoms in total. The number of thiazole rings is 1.